The van der Waals surface area contributed by atoms with Gasteiger partial charge in [0.05, 0.1) is 0 Å². The predicted octanol–water partition coefficient (Wildman–Crippen LogP) is 3.12. The predicted molar refractivity (Wildman–Crippen MR) is 81.6 cm³/mol. The maximum absolute atomic E-state index is 12.6. The van der Waals surface area contributed by atoms with Crippen LogP contribution in [0.4, 0.5) is 0 Å². The van der Waals surface area contributed by atoms with Gasteiger partial charge in [0.25, 0.3) is 5.91 Å². The fraction of sp³-hybridized carbons (Fsp3) is 0.412. The molecule has 0 aliphatic carbocycles. The van der Waals surface area contributed by atoms with E-state index in [4.69, 9.17) is 4.42 Å². The summed E-state index contributed by atoms with van der Waals surface area (Å²) in [5, 5.41) is 0.799. The van der Waals surface area contributed by atoms with Gasteiger partial charge in [0, 0.05) is 18.5 Å². The molecule has 1 aromatic heterocycles. The highest BCUT2D eigenvalue weighted by atomic mass is 16.4. The van der Waals surface area contributed by atoms with Crippen LogP contribution in [0.3, 0.4) is 0 Å². The Morgan fingerprint density at radius 1 is 1.14 bits per heavy atom. The number of likely N-dealkylation sites (tertiary alicyclic amines) is 1. The summed E-state index contributed by atoms with van der Waals surface area (Å²) in [5.41, 5.74) is 1.08. The number of fused-ring (bicyclic) bond motifs is 1. The number of hydrogen-bond acceptors (Lipinski definition) is 3. The lowest BCUT2D eigenvalue weighted by atomic mass is 10.1. The van der Waals surface area contributed by atoms with Crippen molar-refractivity contribution in [3.63, 3.8) is 0 Å². The summed E-state index contributed by atoms with van der Waals surface area (Å²) < 4.78 is 5.36. The second-order valence-electron chi connectivity index (χ2n) is 5.65. The minimum absolute atomic E-state index is 0.148. The van der Waals surface area contributed by atoms with Crippen molar-refractivity contribution in [3.8, 4) is 0 Å². The minimum atomic E-state index is -0.536. The molecule has 1 aliphatic heterocycles. The minimum Gasteiger partial charge on any atom is -0.422 e. The van der Waals surface area contributed by atoms with Crippen molar-refractivity contribution in [3.05, 3.63) is 45.8 Å². The van der Waals surface area contributed by atoms with Gasteiger partial charge in [-0.3, -0.25) is 4.79 Å². The molecule has 0 saturated carbocycles. The van der Waals surface area contributed by atoms with E-state index < -0.39 is 5.63 Å². The normalized spacial score (nSPS) is 16.0. The number of rotatable bonds is 1. The largest absolute Gasteiger partial charge is 0.422 e. The molecule has 0 bridgehead atoms. The van der Waals surface area contributed by atoms with E-state index >= 15 is 0 Å². The lowest BCUT2D eigenvalue weighted by molar-refractivity contribution is 0.0757. The molecular formula is C17H19NO3. The van der Waals surface area contributed by atoms with Crippen molar-refractivity contribution in [1.82, 2.24) is 4.90 Å². The Balaban J connectivity index is 2.01. The van der Waals surface area contributed by atoms with E-state index in [2.05, 4.69) is 0 Å². The third kappa shape index (κ3) is 2.71. The van der Waals surface area contributed by atoms with Crippen LogP contribution in [0, 0.1) is 6.92 Å². The molecule has 0 radical (unpaired) electrons. The molecular weight excluding hydrogens is 266 g/mol. The van der Waals surface area contributed by atoms with Gasteiger partial charge in [0.1, 0.15) is 11.1 Å². The van der Waals surface area contributed by atoms with Crippen LogP contribution in [0.1, 0.15) is 41.6 Å². The van der Waals surface area contributed by atoms with Crippen molar-refractivity contribution in [1.29, 1.82) is 0 Å². The van der Waals surface area contributed by atoms with Crippen LogP contribution >= 0.6 is 0 Å². The van der Waals surface area contributed by atoms with E-state index in [1.165, 1.54) is 0 Å². The number of amides is 1. The summed E-state index contributed by atoms with van der Waals surface area (Å²) in [5.74, 6) is -0.200. The molecule has 4 heteroatoms. The molecule has 1 amide bonds. The standard InChI is InChI=1S/C17H19NO3/c1-12-7-6-8-13-11-14(17(20)21-15(12)13)16(19)18-9-4-2-3-5-10-18/h6-8,11H,2-5,9-10H2,1H3. The first-order valence-electron chi connectivity index (χ1n) is 7.49. The Bertz CT molecular complexity index is 724. The summed E-state index contributed by atoms with van der Waals surface area (Å²) in [7, 11) is 0. The van der Waals surface area contributed by atoms with Gasteiger partial charge in [-0.15, -0.1) is 0 Å². The average Bonchev–Trinajstić information content (AvgIpc) is 2.76. The zero-order valence-electron chi connectivity index (χ0n) is 12.2. The Morgan fingerprint density at radius 3 is 2.57 bits per heavy atom. The molecule has 2 aromatic rings. The number of aryl methyl sites for hydroxylation is 1. The highest BCUT2D eigenvalue weighted by molar-refractivity contribution is 5.97. The van der Waals surface area contributed by atoms with E-state index in [0.717, 1.165) is 49.7 Å². The van der Waals surface area contributed by atoms with Gasteiger partial charge in [0.15, 0.2) is 0 Å². The van der Waals surface area contributed by atoms with Crippen LogP contribution in [0.2, 0.25) is 0 Å². The third-order valence-electron chi connectivity index (χ3n) is 4.08. The number of nitrogens with zero attached hydrogens (tertiary/aromatic N) is 1. The topological polar surface area (TPSA) is 50.5 Å². The first-order valence-corrected chi connectivity index (χ1v) is 7.49. The molecule has 1 aromatic carbocycles. The zero-order chi connectivity index (χ0) is 14.8. The fourth-order valence-electron chi connectivity index (χ4n) is 2.88. The quantitative estimate of drug-likeness (QED) is 0.756. The second-order valence-corrected chi connectivity index (χ2v) is 5.65. The maximum Gasteiger partial charge on any atom is 0.349 e. The highest BCUT2D eigenvalue weighted by Crippen LogP contribution is 2.19. The van der Waals surface area contributed by atoms with Gasteiger partial charge < -0.3 is 9.32 Å². The summed E-state index contributed by atoms with van der Waals surface area (Å²) in [6, 6.07) is 7.32. The van der Waals surface area contributed by atoms with Gasteiger partial charge >= 0.3 is 5.63 Å². The van der Waals surface area contributed by atoms with E-state index in [-0.39, 0.29) is 11.5 Å². The molecule has 110 valence electrons. The summed E-state index contributed by atoms with van der Waals surface area (Å²) in [6.07, 6.45) is 4.30. The van der Waals surface area contributed by atoms with Crippen LogP contribution in [0.25, 0.3) is 11.0 Å². The highest BCUT2D eigenvalue weighted by Gasteiger charge is 2.21. The first-order chi connectivity index (χ1) is 10.2. The van der Waals surface area contributed by atoms with Crippen molar-refractivity contribution < 1.29 is 9.21 Å². The van der Waals surface area contributed by atoms with E-state index in [9.17, 15) is 9.59 Å². The smallest absolute Gasteiger partial charge is 0.349 e. The van der Waals surface area contributed by atoms with E-state index in [1.54, 1.807) is 11.0 Å². The van der Waals surface area contributed by atoms with Crippen LogP contribution in [0.5, 0.6) is 0 Å². The molecule has 3 rings (SSSR count). The van der Waals surface area contributed by atoms with Gasteiger partial charge in [-0.25, -0.2) is 4.79 Å². The van der Waals surface area contributed by atoms with Gasteiger partial charge in [-0.05, 0) is 31.4 Å². The first kappa shape index (κ1) is 13.9. The van der Waals surface area contributed by atoms with Crippen LogP contribution in [-0.4, -0.2) is 23.9 Å². The monoisotopic (exact) mass is 285 g/mol. The average molecular weight is 285 g/mol. The molecule has 4 nitrogen and oxygen atoms in total. The van der Waals surface area contributed by atoms with Crippen LogP contribution < -0.4 is 5.63 Å². The molecule has 0 spiro atoms. The molecule has 1 fully saturated rings. The Morgan fingerprint density at radius 2 is 1.86 bits per heavy atom. The SMILES string of the molecule is Cc1cccc2cc(C(=O)N3CCCCCC3)c(=O)oc12. The number of hydrogen-bond donors (Lipinski definition) is 0. The Kier molecular flexibility index (Phi) is 3.78. The van der Waals surface area contributed by atoms with Crippen molar-refractivity contribution in [2.45, 2.75) is 32.6 Å². The molecule has 21 heavy (non-hydrogen) atoms. The summed E-state index contributed by atoms with van der Waals surface area (Å²) >= 11 is 0. The van der Waals surface area contributed by atoms with E-state index in [0.29, 0.717) is 5.58 Å². The third-order valence-corrected chi connectivity index (χ3v) is 4.08. The molecule has 0 atom stereocenters. The van der Waals surface area contributed by atoms with Crippen molar-refractivity contribution in [2.24, 2.45) is 0 Å². The lowest BCUT2D eigenvalue weighted by Crippen LogP contribution is -2.34. The molecule has 2 heterocycles. The van der Waals surface area contributed by atoms with E-state index in [1.807, 2.05) is 25.1 Å². The van der Waals surface area contributed by atoms with Gasteiger partial charge in [0.2, 0.25) is 0 Å². The second kappa shape index (κ2) is 5.72. The van der Waals surface area contributed by atoms with Crippen LogP contribution in [0.15, 0.2) is 33.5 Å². The van der Waals surface area contributed by atoms with Crippen molar-refractivity contribution in [2.75, 3.05) is 13.1 Å². The lowest BCUT2D eigenvalue weighted by Gasteiger charge is -2.19. The summed E-state index contributed by atoms with van der Waals surface area (Å²) in [6.45, 7) is 3.34. The van der Waals surface area contributed by atoms with Crippen molar-refractivity contribution >= 4 is 16.9 Å². The molecule has 0 unspecified atom stereocenters. The molecule has 0 N–H and O–H groups in total. The van der Waals surface area contributed by atoms with Gasteiger partial charge in [-0.1, -0.05) is 31.0 Å². The fourth-order valence-corrected chi connectivity index (χ4v) is 2.88. The maximum atomic E-state index is 12.6. The van der Waals surface area contributed by atoms with Gasteiger partial charge in [-0.2, -0.15) is 0 Å². The summed E-state index contributed by atoms with van der Waals surface area (Å²) in [4.78, 5) is 26.5. The zero-order valence-corrected chi connectivity index (χ0v) is 12.2. The Labute approximate surface area is 123 Å². The molecule has 1 saturated heterocycles. The number of carbonyl (C=O) groups is 1. The number of carbonyl (C=O) groups excluding carboxylic acids is 1. The molecule has 1 aliphatic rings. The number of benzene rings is 1. The Hall–Kier alpha value is -2.10. The number of para-hydroxylation sites is 1. The van der Waals surface area contributed by atoms with Crippen LogP contribution in [-0.2, 0) is 0 Å².